The number of hydrogen-bond donors (Lipinski definition) is 2. The summed E-state index contributed by atoms with van der Waals surface area (Å²) in [5, 5.41) is 0. The van der Waals surface area contributed by atoms with Crippen LogP contribution in [-0.4, -0.2) is 49.9 Å². The number of benzene rings is 1. The second-order valence-corrected chi connectivity index (χ2v) is 4.96. The van der Waals surface area contributed by atoms with Crippen molar-refractivity contribution in [1.82, 2.24) is 9.80 Å². The largest absolute Gasteiger partial charge is 0.370 e. The van der Waals surface area contributed by atoms with E-state index in [1.807, 2.05) is 46.4 Å². The average molecular weight is 404 g/mol. The Hall–Kier alpha value is -1.51. The molecule has 0 saturated heterocycles. The summed E-state index contributed by atoms with van der Waals surface area (Å²) in [4.78, 5) is 12.2. The molecule has 118 valence electrons. The second kappa shape index (κ2) is 9.43. The number of aliphatic imine (C=N–C) groups is 2. The Bertz CT molecular complexity index is 455. The number of nitrogens with two attached hydrogens (primary N) is 2. The molecule has 0 fully saturated rings. The van der Waals surface area contributed by atoms with Crippen LogP contribution in [0.25, 0.3) is 0 Å². The van der Waals surface area contributed by atoms with Gasteiger partial charge in [0, 0.05) is 28.2 Å². The Balaban J connectivity index is 0.00000400. The van der Waals surface area contributed by atoms with Gasteiger partial charge in [-0.25, -0.2) is 9.98 Å². The molecule has 0 bridgehead atoms. The molecule has 0 saturated carbocycles. The lowest BCUT2D eigenvalue weighted by atomic mass is 10.1. The zero-order valence-electron chi connectivity index (χ0n) is 13.1. The number of hydrogen-bond acceptors (Lipinski definition) is 2. The van der Waals surface area contributed by atoms with Crippen LogP contribution in [0.5, 0.6) is 0 Å². The third-order valence-electron chi connectivity index (χ3n) is 2.76. The molecule has 21 heavy (non-hydrogen) atoms. The molecule has 1 rings (SSSR count). The summed E-state index contributed by atoms with van der Waals surface area (Å²) in [6.07, 6.45) is 0. The van der Waals surface area contributed by atoms with Gasteiger partial charge in [0.15, 0.2) is 11.9 Å². The summed E-state index contributed by atoms with van der Waals surface area (Å²) in [6, 6.07) is 8.11. The lowest BCUT2D eigenvalue weighted by molar-refractivity contribution is 0.608. The van der Waals surface area contributed by atoms with E-state index in [1.165, 1.54) is 0 Å². The van der Waals surface area contributed by atoms with Crippen molar-refractivity contribution in [3.8, 4) is 0 Å². The summed E-state index contributed by atoms with van der Waals surface area (Å²) >= 11 is 0. The lowest BCUT2D eigenvalue weighted by Gasteiger charge is -2.11. The van der Waals surface area contributed by atoms with Crippen LogP contribution in [0.3, 0.4) is 0 Å². The Kier molecular flexibility index (Phi) is 8.75. The highest BCUT2D eigenvalue weighted by Gasteiger charge is 1.99. The van der Waals surface area contributed by atoms with Crippen LogP contribution in [0.2, 0.25) is 0 Å². The Morgan fingerprint density at radius 3 is 1.62 bits per heavy atom. The van der Waals surface area contributed by atoms with Crippen LogP contribution in [0.15, 0.2) is 34.3 Å². The van der Waals surface area contributed by atoms with Gasteiger partial charge in [-0.2, -0.15) is 0 Å². The molecule has 4 N–H and O–H groups in total. The predicted octanol–water partition coefficient (Wildman–Crippen LogP) is 1.06. The second-order valence-electron chi connectivity index (χ2n) is 4.96. The van der Waals surface area contributed by atoms with Crippen LogP contribution in [0.4, 0.5) is 0 Å². The van der Waals surface area contributed by atoms with E-state index in [2.05, 4.69) is 16.1 Å². The minimum Gasteiger partial charge on any atom is -0.370 e. The molecule has 0 aliphatic carbocycles. The van der Waals surface area contributed by atoms with Crippen molar-refractivity contribution in [1.29, 1.82) is 0 Å². The highest BCUT2D eigenvalue weighted by Crippen LogP contribution is 2.08. The molecule has 0 atom stereocenters. The van der Waals surface area contributed by atoms with Crippen molar-refractivity contribution in [2.75, 3.05) is 28.2 Å². The van der Waals surface area contributed by atoms with Crippen LogP contribution in [0, 0.1) is 0 Å². The summed E-state index contributed by atoms with van der Waals surface area (Å²) in [7, 11) is 7.48. The van der Waals surface area contributed by atoms with Gasteiger partial charge in [0.1, 0.15) is 0 Å². The van der Waals surface area contributed by atoms with E-state index in [4.69, 9.17) is 11.5 Å². The quantitative estimate of drug-likeness (QED) is 0.447. The van der Waals surface area contributed by atoms with Crippen molar-refractivity contribution in [2.45, 2.75) is 13.1 Å². The molecule has 0 aliphatic heterocycles. The molecule has 0 spiro atoms. The number of nitrogens with zero attached hydrogens (tertiary/aromatic N) is 4. The van der Waals surface area contributed by atoms with Gasteiger partial charge in [-0.1, -0.05) is 24.3 Å². The van der Waals surface area contributed by atoms with Gasteiger partial charge < -0.3 is 21.3 Å². The summed E-state index contributed by atoms with van der Waals surface area (Å²) in [6.45, 7) is 1.12. The Morgan fingerprint density at radius 1 is 0.905 bits per heavy atom. The molecule has 0 aromatic heterocycles. The summed E-state index contributed by atoms with van der Waals surface area (Å²) in [5.41, 5.74) is 13.7. The van der Waals surface area contributed by atoms with Gasteiger partial charge in [0.25, 0.3) is 0 Å². The van der Waals surface area contributed by atoms with Gasteiger partial charge in [0.2, 0.25) is 0 Å². The maximum Gasteiger partial charge on any atom is 0.191 e. The van der Waals surface area contributed by atoms with E-state index in [0.29, 0.717) is 25.0 Å². The first-order valence-corrected chi connectivity index (χ1v) is 6.42. The van der Waals surface area contributed by atoms with E-state index in [9.17, 15) is 0 Å². The van der Waals surface area contributed by atoms with Crippen LogP contribution < -0.4 is 11.5 Å². The van der Waals surface area contributed by atoms with E-state index < -0.39 is 0 Å². The van der Waals surface area contributed by atoms with Gasteiger partial charge in [-0.05, 0) is 11.1 Å². The Morgan fingerprint density at radius 2 is 1.29 bits per heavy atom. The van der Waals surface area contributed by atoms with E-state index >= 15 is 0 Å². The molecular formula is C14H25IN6. The minimum atomic E-state index is 0. The molecule has 0 aliphatic rings. The molecule has 0 radical (unpaired) electrons. The zero-order valence-corrected chi connectivity index (χ0v) is 15.4. The van der Waals surface area contributed by atoms with Crippen molar-refractivity contribution < 1.29 is 0 Å². The zero-order chi connectivity index (χ0) is 15.1. The fourth-order valence-corrected chi connectivity index (χ4v) is 1.45. The molecule has 6 nitrogen and oxygen atoms in total. The van der Waals surface area contributed by atoms with Crippen LogP contribution in [0.1, 0.15) is 11.1 Å². The van der Waals surface area contributed by atoms with Gasteiger partial charge in [-0.15, -0.1) is 24.0 Å². The van der Waals surface area contributed by atoms with Crippen molar-refractivity contribution in [2.24, 2.45) is 21.5 Å². The first-order valence-electron chi connectivity index (χ1n) is 6.42. The van der Waals surface area contributed by atoms with Gasteiger partial charge in [-0.3, -0.25) is 0 Å². The van der Waals surface area contributed by atoms with Crippen molar-refractivity contribution >= 4 is 35.9 Å². The number of rotatable bonds is 4. The summed E-state index contributed by atoms with van der Waals surface area (Å²) in [5.74, 6) is 1.04. The molecule has 0 amide bonds. The highest BCUT2D eigenvalue weighted by molar-refractivity contribution is 14.0. The van der Waals surface area contributed by atoms with Crippen LogP contribution >= 0.6 is 24.0 Å². The topological polar surface area (TPSA) is 83.2 Å². The molecule has 7 heteroatoms. The molecule has 1 aromatic rings. The monoisotopic (exact) mass is 404 g/mol. The maximum absolute atomic E-state index is 5.77. The van der Waals surface area contributed by atoms with Gasteiger partial charge in [0.05, 0.1) is 13.1 Å². The third-order valence-corrected chi connectivity index (χ3v) is 2.76. The normalized spacial score (nSPS) is 11.8. The lowest BCUT2D eigenvalue weighted by Crippen LogP contribution is -2.30. The minimum absolute atomic E-state index is 0. The van der Waals surface area contributed by atoms with E-state index in [-0.39, 0.29) is 24.0 Å². The first-order chi connectivity index (χ1) is 9.40. The standard InChI is InChI=1S/C14H24N6.HI/c1-19(2)13(15)17-9-11-6-5-7-12(8-11)10-18-14(16)20(3)4;/h5-8H,9-10H2,1-4H3,(H2,15,17)(H2,16,18);1H. The van der Waals surface area contributed by atoms with Crippen LogP contribution in [-0.2, 0) is 13.1 Å². The van der Waals surface area contributed by atoms with Gasteiger partial charge >= 0.3 is 0 Å². The average Bonchev–Trinajstić information content (AvgIpc) is 2.42. The number of guanidine groups is 2. The molecule has 0 heterocycles. The van der Waals surface area contributed by atoms with E-state index in [0.717, 1.165) is 11.1 Å². The first kappa shape index (κ1) is 19.5. The fraction of sp³-hybridized carbons (Fsp3) is 0.429. The Labute approximate surface area is 143 Å². The SMILES string of the molecule is CN(C)C(N)=NCc1cccc(CN=C(N)N(C)C)c1.I. The van der Waals surface area contributed by atoms with E-state index in [1.54, 1.807) is 9.80 Å². The smallest absolute Gasteiger partial charge is 0.191 e. The molecule has 0 unspecified atom stereocenters. The predicted molar refractivity (Wildman–Crippen MR) is 99.9 cm³/mol. The number of halogens is 1. The van der Waals surface area contributed by atoms with Crippen molar-refractivity contribution in [3.63, 3.8) is 0 Å². The third kappa shape index (κ3) is 7.16. The summed E-state index contributed by atoms with van der Waals surface area (Å²) < 4.78 is 0. The molecular weight excluding hydrogens is 379 g/mol. The van der Waals surface area contributed by atoms with Crippen molar-refractivity contribution in [3.05, 3.63) is 35.4 Å². The fourth-order valence-electron chi connectivity index (χ4n) is 1.45. The maximum atomic E-state index is 5.77. The highest BCUT2D eigenvalue weighted by atomic mass is 127. The molecule has 1 aromatic carbocycles.